The molecule has 6 heteroatoms. The minimum absolute atomic E-state index is 0.0557. The molecule has 0 aromatic carbocycles. The van der Waals surface area contributed by atoms with Crippen LogP contribution in [0.3, 0.4) is 0 Å². The Morgan fingerprint density at radius 3 is 2.57 bits per heavy atom. The molecule has 4 N–H and O–H groups in total. The van der Waals surface area contributed by atoms with Crippen LogP contribution in [-0.4, -0.2) is 65.0 Å². The van der Waals surface area contributed by atoms with E-state index in [1.807, 2.05) is 11.8 Å². The molecular weight excluding hydrogens is 296 g/mol. The quantitative estimate of drug-likeness (QED) is 0.272. The zero-order valence-corrected chi connectivity index (χ0v) is 14.6. The first-order chi connectivity index (χ1) is 11.0. The standard InChI is InChI=1S/C17H34N2O4/c1-3-5-7-15(20)13-18-10-12-19(11-9-17(22)23)14-16(21)8-6-4-2/h8,15,18,20-21H,3-7,9-14H2,1-2H3,(H,22,23)/b16-8-. The molecule has 0 saturated heterocycles. The van der Waals surface area contributed by atoms with E-state index in [1.54, 1.807) is 6.08 Å². The third-order valence-corrected chi connectivity index (χ3v) is 3.57. The fourth-order valence-electron chi connectivity index (χ4n) is 2.18. The predicted octanol–water partition coefficient (Wildman–Crippen LogP) is 2.15. The topological polar surface area (TPSA) is 93.0 Å². The smallest absolute Gasteiger partial charge is 0.304 e. The molecule has 0 aliphatic carbocycles. The Balaban J connectivity index is 4.12. The van der Waals surface area contributed by atoms with Crippen LogP contribution in [-0.2, 0) is 4.79 Å². The molecule has 0 spiro atoms. The van der Waals surface area contributed by atoms with Crippen LogP contribution < -0.4 is 5.32 Å². The maximum atomic E-state index is 10.7. The van der Waals surface area contributed by atoms with Gasteiger partial charge in [-0.05, 0) is 18.9 Å². The molecule has 0 aliphatic heterocycles. The van der Waals surface area contributed by atoms with Gasteiger partial charge in [-0.1, -0.05) is 33.1 Å². The lowest BCUT2D eigenvalue weighted by atomic mass is 10.1. The average Bonchev–Trinajstić information content (AvgIpc) is 2.52. The maximum absolute atomic E-state index is 10.7. The van der Waals surface area contributed by atoms with E-state index in [0.29, 0.717) is 38.5 Å². The van der Waals surface area contributed by atoms with Crippen molar-refractivity contribution in [2.75, 3.05) is 32.7 Å². The highest BCUT2D eigenvalue weighted by molar-refractivity contribution is 5.66. The highest BCUT2D eigenvalue weighted by Gasteiger charge is 2.10. The lowest BCUT2D eigenvalue weighted by Crippen LogP contribution is -2.37. The first kappa shape index (κ1) is 21.9. The highest BCUT2D eigenvalue weighted by Crippen LogP contribution is 2.01. The number of aliphatic carboxylic acids is 1. The van der Waals surface area contributed by atoms with E-state index < -0.39 is 5.97 Å². The highest BCUT2D eigenvalue weighted by atomic mass is 16.4. The molecule has 0 bridgehead atoms. The number of carbonyl (C=O) groups is 1. The number of nitrogens with one attached hydrogen (secondary N) is 1. The second-order valence-electron chi connectivity index (χ2n) is 5.90. The van der Waals surface area contributed by atoms with Crippen LogP contribution in [0.2, 0.25) is 0 Å². The summed E-state index contributed by atoms with van der Waals surface area (Å²) >= 11 is 0. The molecule has 0 amide bonds. The molecule has 0 aromatic heterocycles. The SMILES string of the molecule is CCC/C=C(\O)CN(CCNCC(O)CCCC)CCC(=O)O. The van der Waals surface area contributed by atoms with Gasteiger partial charge in [-0.15, -0.1) is 0 Å². The van der Waals surface area contributed by atoms with Crippen LogP contribution in [0, 0.1) is 0 Å². The molecule has 0 aromatic rings. The molecule has 0 fully saturated rings. The van der Waals surface area contributed by atoms with Crippen molar-refractivity contribution in [1.82, 2.24) is 10.2 Å². The molecule has 1 atom stereocenters. The van der Waals surface area contributed by atoms with Gasteiger partial charge < -0.3 is 20.6 Å². The van der Waals surface area contributed by atoms with E-state index in [0.717, 1.165) is 32.1 Å². The van der Waals surface area contributed by atoms with Crippen LogP contribution in [0.1, 0.15) is 52.4 Å². The Kier molecular flexibility index (Phi) is 13.8. The third kappa shape index (κ3) is 14.2. The molecule has 0 rings (SSSR count). The number of unbranched alkanes of at least 4 members (excludes halogenated alkanes) is 2. The second kappa shape index (κ2) is 14.5. The number of rotatable bonds is 15. The van der Waals surface area contributed by atoms with Gasteiger partial charge in [-0.25, -0.2) is 0 Å². The van der Waals surface area contributed by atoms with Gasteiger partial charge in [0, 0.05) is 26.2 Å². The number of aliphatic hydroxyl groups is 2. The van der Waals surface area contributed by atoms with Crippen LogP contribution in [0.15, 0.2) is 11.8 Å². The minimum Gasteiger partial charge on any atom is -0.511 e. The third-order valence-electron chi connectivity index (χ3n) is 3.57. The van der Waals surface area contributed by atoms with Gasteiger partial charge in [0.1, 0.15) is 5.76 Å². The fourth-order valence-corrected chi connectivity index (χ4v) is 2.18. The van der Waals surface area contributed by atoms with Crippen molar-refractivity contribution in [3.8, 4) is 0 Å². The van der Waals surface area contributed by atoms with Crippen molar-refractivity contribution in [2.24, 2.45) is 0 Å². The molecule has 0 aliphatic rings. The minimum atomic E-state index is -0.838. The van der Waals surface area contributed by atoms with Crippen molar-refractivity contribution in [3.63, 3.8) is 0 Å². The molecule has 0 heterocycles. The molecule has 136 valence electrons. The van der Waals surface area contributed by atoms with E-state index in [4.69, 9.17) is 5.11 Å². The number of carboxylic acids is 1. The van der Waals surface area contributed by atoms with Gasteiger partial charge in [-0.3, -0.25) is 9.69 Å². The zero-order valence-electron chi connectivity index (χ0n) is 14.6. The lowest BCUT2D eigenvalue weighted by Gasteiger charge is -2.22. The summed E-state index contributed by atoms with van der Waals surface area (Å²) in [5.41, 5.74) is 0. The van der Waals surface area contributed by atoms with Crippen LogP contribution >= 0.6 is 0 Å². The van der Waals surface area contributed by atoms with Crippen molar-refractivity contribution in [2.45, 2.75) is 58.5 Å². The Labute approximate surface area is 140 Å². The number of nitrogens with zero attached hydrogens (tertiary/aromatic N) is 1. The molecule has 6 nitrogen and oxygen atoms in total. The zero-order chi connectivity index (χ0) is 17.5. The van der Waals surface area contributed by atoms with Gasteiger partial charge in [0.15, 0.2) is 0 Å². The first-order valence-corrected chi connectivity index (χ1v) is 8.70. The fraction of sp³-hybridized carbons (Fsp3) is 0.824. The Bertz CT molecular complexity index is 335. The van der Waals surface area contributed by atoms with E-state index in [9.17, 15) is 15.0 Å². The summed E-state index contributed by atoms with van der Waals surface area (Å²) in [5, 5.41) is 31.6. The van der Waals surface area contributed by atoms with E-state index >= 15 is 0 Å². The second-order valence-corrected chi connectivity index (χ2v) is 5.90. The van der Waals surface area contributed by atoms with E-state index in [2.05, 4.69) is 12.2 Å². The largest absolute Gasteiger partial charge is 0.511 e. The van der Waals surface area contributed by atoms with Gasteiger partial charge in [0.2, 0.25) is 0 Å². The summed E-state index contributed by atoms with van der Waals surface area (Å²) in [7, 11) is 0. The van der Waals surface area contributed by atoms with Gasteiger partial charge in [0.05, 0.1) is 19.1 Å². The monoisotopic (exact) mass is 330 g/mol. The summed E-state index contributed by atoms with van der Waals surface area (Å²) in [5.74, 6) is -0.546. The van der Waals surface area contributed by atoms with Crippen molar-refractivity contribution in [3.05, 3.63) is 11.8 Å². The van der Waals surface area contributed by atoms with Crippen molar-refractivity contribution in [1.29, 1.82) is 0 Å². The Hall–Kier alpha value is -1.11. The first-order valence-electron chi connectivity index (χ1n) is 8.70. The van der Waals surface area contributed by atoms with E-state index in [-0.39, 0.29) is 12.5 Å². The molecule has 1 unspecified atom stereocenters. The maximum Gasteiger partial charge on any atom is 0.304 e. The molecular formula is C17H34N2O4. The number of aliphatic hydroxyl groups excluding tert-OH is 2. The Morgan fingerprint density at radius 1 is 1.22 bits per heavy atom. The van der Waals surface area contributed by atoms with Gasteiger partial charge in [-0.2, -0.15) is 0 Å². The molecule has 0 saturated carbocycles. The predicted molar refractivity (Wildman–Crippen MR) is 92.7 cm³/mol. The van der Waals surface area contributed by atoms with Crippen molar-refractivity contribution < 1.29 is 20.1 Å². The Morgan fingerprint density at radius 2 is 1.96 bits per heavy atom. The summed E-state index contributed by atoms with van der Waals surface area (Å²) in [6.45, 7) is 6.75. The number of carboxylic acid groups (broad SMARTS) is 1. The number of hydrogen-bond acceptors (Lipinski definition) is 5. The molecule has 0 radical (unpaired) electrons. The average molecular weight is 330 g/mol. The summed E-state index contributed by atoms with van der Waals surface area (Å²) in [6, 6.07) is 0. The van der Waals surface area contributed by atoms with E-state index in [1.165, 1.54) is 0 Å². The summed E-state index contributed by atoms with van der Waals surface area (Å²) in [4.78, 5) is 12.6. The van der Waals surface area contributed by atoms with Gasteiger partial charge in [0.25, 0.3) is 0 Å². The summed E-state index contributed by atoms with van der Waals surface area (Å²) < 4.78 is 0. The number of hydrogen-bond donors (Lipinski definition) is 4. The van der Waals surface area contributed by atoms with Crippen LogP contribution in [0.25, 0.3) is 0 Å². The summed E-state index contributed by atoms with van der Waals surface area (Å²) in [6.07, 6.45) is 6.19. The van der Waals surface area contributed by atoms with Crippen LogP contribution in [0.4, 0.5) is 0 Å². The number of allylic oxidation sites excluding steroid dienone is 1. The molecule has 23 heavy (non-hydrogen) atoms. The lowest BCUT2D eigenvalue weighted by molar-refractivity contribution is -0.137. The van der Waals surface area contributed by atoms with Gasteiger partial charge >= 0.3 is 5.97 Å². The van der Waals surface area contributed by atoms with Crippen LogP contribution in [0.5, 0.6) is 0 Å². The van der Waals surface area contributed by atoms with Crippen molar-refractivity contribution >= 4 is 5.97 Å². The normalized spacial score (nSPS) is 13.5.